The summed E-state index contributed by atoms with van der Waals surface area (Å²) in [6, 6.07) is 0. The van der Waals surface area contributed by atoms with E-state index in [2.05, 4.69) is 10.3 Å². The van der Waals surface area contributed by atoms with Crippen molar-refractivity contribution in [2.45, 2.75) is 31.8 Å². The van der Waals surface area contributed by atoms with Crippen LogP contribution < -0.4 is 0 Å². The summed E-state index contributed by atoms with van der Waals surface area (Å²) >= 11 is 0. The molecule has 0 saturated carbocycles. The minimum Gasteiger partial charge on any atom is -0.389 e. The van der Waals surface area contributed by atoms with Crippen molar-refractivity contribution in [3.05, 3.63) is 18.0 Å². The summed E-state index contributed by atoms with van der Waals surface area (Å²) in [5.74, 6) is 0. The molecular formula is C10H15N3O. The lowest BCUT2D eigenvalue weighted by atomic mass is 10.1. The van der Waals surface area contributed by atoms with Crippen LogP contribution in [0.15, 0.2) is 12.3 Å². The minimum absolute atomic E-state index is 0.311. The molecule has 76 valence electrons. The van der Waals surface area contributed by atoms with Crippen LogP contribution in [-0.2, 0) is 7.05 Å². The van der Waals surface area contributed by atoms with E-state index in [4.69, 9.17) is 0 Å². The molecule has 1 heterocycles. The maximum atomic E-state index is 9.60. The van der Waals surface area contributed by atoms with Crippen LogP contribution in [0.1, 0.15) is 31.4 Å². The van der Waals surface area contributed by atoms with E-state index in [1.165, 1.54) is 0 Å². The number of rotatable bonds is 1. The fourth-order valence-electron chi connectivity index (χ4n) is 1.78. The molecule has 1 aromatic heterocycles. The lowest BCUT2D eigenvalue weighted by Gasteiger charge is -2.01. The van der Waals surface area contributed by atoms with Crippen LogP contribution in [0.5, 0.6) is 0 Å². The Morgan fingerprint density at radius 2 is 2.36 bits per heavy atom. The first-order valence-corrected chi connectivity index (χ1v) is 5.01. The summed E-state index contributed by atoms with van der Waals surface area (Å²) in [7, 11) is 1.85. The molecular weight excluding hydrogens is 178 g/mol. The Kier molecular flexibility index (Phi) is 2.63. The second-order valence-electron chi connectivity index (χ2n) is 3.78. The van der Waals surface area contributed by atoms with Crippen LogP contribution in [-0.4, -0.2) is 26.2 Å². The van der Waals surface area contributed by atoms with Crippen LogP contribution in [0, 0.1) is 0 Å². The van der Waals surface area contributed by atoms with Crippen molar-refractivity contribution in [2.75, 3.05) is 0 Å². The summed E-state index contributed by atoms with van der Waals surface area (Å²) in [6.45, 7) is 0. The van der Waals surface area contributed by atoms with E-state index in [1.807, 2.05) is 19.3 Å². The normalized spacial score (nSPS) is 23.0. The number of aryl methyl sites for hydroxylation is 1. The zero-order valence-electron chi connectivity index (χ0n) is 8.35. The van der Waals surface area contributed by atoms with Gasteiger partial charge in [0.15, 0.2) is 0 Å². The fraction of sp³-hybridized carbons (Fsp3) is 0.600. The van der Waals surface area contributed by atoms with Gasteiger partial charge in [-0.3, -0.25) is 4.68 Å². The Hall–Kier alpha value is -1.16. The van der Waals surface area contributed by atoms with Crippen LogP contribution in [0.2, 0.25) is 0 Å². The summed E-state index contributed by atoms with van der Waals surface area (Å²) in [5.41, 5.74) is 2.02. The van der Waals surface area contributed by atoms with Gasteiger partial charge in [-0.25, -0.2) is 0 Å². The molecule has 2 rings (SSSR count). The van der Waals surface area contributed by atoms with E-state index in [1.54, 1.807) is 4.68 Å². The van der Waals surface area contributed by atoms with Crippen molar-refractivity contribution >= 4 is 5.57 Å². The molecule has 4 nitrogen and oxygen atoms in total. The van der Waals surface area contributed by atoms with Gasteiger partial charge in [0, 0.05) is 7.05 Å². The van der Waals surface area contributed by atoms with Gasteiger partial charge in [-0.05, 0) is 24.8 Å². The third-order valence-electron chi connectivity index (χ3n) is 2.52. The molecule has 0 aromatic carbocycles. The molecule has 0 saturated heterocycles. The van der Waals surface area contributed by atoms with Gasteiger partial charge < -0.3 is 5.11 Å². The van der Waals surface area contributed by atoms with Gasteiger partial charge in [0.1, 0.15) is 5.69 Å². The van der Waals surface area contributed by atoms with Gasteiger partial charge in [-0.2, -0.15) is 0 Å². The smallest absolute Gasteiger partial charge is 0.108 e. The fourth-order valence-corrected chi connectivity index (χ4v) is 1.78. The molecule has 0 radical (unpaired) electrons. The van der Waals surface area contributed by atoms with Gasteiger partial charge in [-0.1, -0.05) is 17.7 Å². The van der Waals surface area contributed by atoms with E-state index in [9.17, 15) is 5.11 Å². The molecule has 0 fully saturated rings. The lowest BCUT2D eigenvalue weighted by Crippen LogP contribution is -2.00. The Morgan fingerprint density at radius 1 is 1.50 bits per heavy atom. The average Bonchev–Trinajstić information content (AvgIpc) is 2.45. The number of nitrogens with zero attached hydrogens (tertiary/aromatic N) is 3. The van der Waals surface area contributed by atoms with Gasteiger partial charge in [-0.15, -0.1) is 5.10 Å². The van der Waals surface area contributed by atoms with Crippen LogP contribution >= 0.6 is 0 Å². The highest BCUT2D eigenvalue weighted by molar-refractivity contribution is 5.62. The molecule has 14 heavy (non-hydrogen) atoms. The lowest BCUT2D eigenvalue weighted by molar-refractivity contribution is 0.211. The van der Waals surface area contributed by atoms with E-state index >= 15 is 0 Å². The molecule has 0 spiro atoms. The molecule has 1 N–H and O–H groups in total. The Balaban J connectivity index is 2.23. The van der Waals surface area contributed by atoms with Gasteiger partial charge in [0.05, 0.1) is 12.3 Å². The van der Waals surface area contributed by atoms with Crippen molar-refractivity contribution in [1.82, 2.24) is 15.0 Å². The molecule has 1 aliphatic rings. The number of aromatic nitrogens is 3. The SMILES string of the molecule is Cn1cc(C2=CC(O)CCCC2)nn1. The van der Waals surface area contributed by atoms with Crippen molar-refractivity contribution in [3.63, 3.8) is 0 Å². The molecule has 0 aliphatic heterocycles. The standard InChI is InChI=1S/C10H15N3O/c1-13-7-10(11-12-13)8-4-2-3-5-9(14)6-8/h6-7,9,14H,2-5H2,1H3. The highest BCUT2D eigenvalue weighted by Crippen LogP contribution is 2.24. The average molecular weight is 193 g/mol. The second kappa shape index (κ2) is 3.92. The first-order valence-electron chi connectivity index (χ1n) is 5.01. The highest BCUT2D eigenvalue weighted by Gasteiger charge is 2.12. The maximum Gasteiger partial charge on any atom is 0.108 e. The first kappa shape index (κ1) is 9.40. The largest absolute Gasteiger partial charge is 0.389 e. The van der Waals surface area contributed by atoms with Crippen molar-refractivity contribution < 1.29 is 5.11 Å². The van der Waals surface area contributed by atoms with Crippen LogP contribution in [0.25, 0.3) is 5.57 Å². The van der Waals surface area contributed by atoms with E-state index in [0.717, 1.165) is 37.0 Å². The quantitative estimate of drug-likeness (QED) is 0.727. The minimum atomic E-state index is -0.311. The predicted octanol–water partition coefficient (Wildman–Crippen LogP) is 1.13. The van der Waals surface area contributed by atoms with Gasteiger partial charge >= 0.3 is 0 Å². The highest BCUT2D eigenvalue weighted by atomic mass is 16.3. The summed E-state index contributed by atoms with van der Waals surface area (Å²) < 4.78 is 1.69. The summed E-state index contributed by atoms with van der Waals surface area (Å²) in [6.07, 6.45) is 7.57. The molecule has 1 atom stereocenters. The third-order valence-corrected chi connectivity index (χ3v) is 2.52. The van der Waals surface area contributed by atoms with Crippen LogP contribution in [0.4, 0.5) is 0 Å². The summed E-state index contributed by atoms with van der Waals surface area (Å²) in [5, 5.41) is 17.5. The van der Waals surface area contributed by atoms with Gasteiger partial charge in [0.2, 0.25) is 0 Å². The topological polar surface area (TPSA) is 50.9 Å². The van der Waals surface area contributed by atoms with Crippen molar-refractivity contribution in [3.8, 4) is 0 Å². The molecule has 0 bridgehead atoms. The molecule has 4 heteroatoms. The van der Waals surface area contributed by atoms with Crippen molar-refractivity contribution in [1.29, 1.82) is 0 Å². The Labute approximate surface area is 83.2 Å². The Bertz CT molecular complexity index is 343. The van der Waals surface area contributed by atoms with E-state index < -0.39 is 0 Å². The second-order valence-corrected chi connectivity index (χ2v) is 3.78. The number of allylic oxidation sites excluding steroid dienone is 1. The zero-order valence-corrected chi connectivity index (χ0v) is 8.35. The molecule has 1 aromatic rings. The summed E-state index contributed by atoms with van der Waals surface area (Å²) in [4.78, 5) is 0. The number of hydrogen-bond donors (Lipinski definition) is 1. The zero-order chi connectivity index (χ0) is 9.97. The Morgan fingerprint density at radius 3 is 3.07 bits per heavy atom. The van der Waals surface area contributed by atoms with Gasteiger partial charge in [0.25, 0.3) is 0 Å². The third kappa shape index (κ3) is 2.01. The molecule has 0 amide bonds. The number of aliphatic hydroxyl groups is 1. The maximum absolute atomic E-state index is 9.60. The van der Waals surface area contributed by atoms with Crippen molar-refractivity contribution in [2.24, 2.45) is 7.05 Å². The predicted molar refractivity (Wildman–Crippen MR) is 53.5 cm³/mol. The number of hydrogen-bond acceptors (Lipinski definition) is 3. The molecule has 1 aliphatic carbocycles. The number of aliphatic hydroxyl groups excluding tert-OH is 1. The molecule has 1 unspecified atom stereocenters. The first-order chi connectivity index (χ1) is 6.75. The van der Waals surface area contributed by atoms with E-state index in [0.29, 0.717) is 0 Å². The van der Waals surface area contributed by atoms with E-state index in [-0.39, 0.29) is 6.10 Å². The monoisotopic (exact) mass is 193 g/mol. The van der Waals surface area contributed by atoms with Crippen LogP contribution in [0.3, 0.4) is 0 Å².